The highest BCUT2D eigenvalue weighted by Gasteiger charge is 2.20. The van der Waals surface area contributed by atoms with Crippen LogP contribution in [0.4, 0.5) is 0 Å². The lowest BCUT2D eigenvalue weighted by Gasteiger charge is -2.32. The Morgan fingerprint density at radius 1 is 0.964 bits per heavy atom. The highest BCUT2D eigenvalue weighted by molar-refractivity contribution is 6.35. The fourth-order valence-corrected chi connectivity index (χ4v) is 4.29. The third-order valence-electron chi connectivity index (χ3n) is 5.26. The van der Waals surface area contributed by atoms with Crippen molar-refractivity contribution in [3.8, 4) is 0 Å². The van der Waals surface area contributed by atoms with Crippen molar-refractivity contribution in [2.45, 2.75) is 38.0 Å². The molecule has 1 heterocycles. The summed E-state index contributed by atoms with van der Waals surface area (Å²) in [7, 11) is 0. The first-order valence-corrected chi connectivity index (χ1v) is 10.6. The van der Waals surface area contributed by atoms with Crippen molar-refractivity contribution in [2.75, 3.05) is 19.6 Å². The Morgan fingerprint density at radius 3 is 2.25 bits per heavy atom. The molecule has 6 heteroatoms. The SMILES string of the molecule is Cl.O=C(CCCN1CCC(c2ccc(Cl)cc2)CC1)Cc1ccc(Cl)cc1Cl. The number of benzene rings is 2. The molecular formula is C22H25Cl4NO. The molecule has 0 aromatic heterocycles. The van der Waals surface area contributed by atoms with E-state index in [0.29, 0.717) is 28.8 Å². The van der Waals surface area contributed by atoms with Crippen LogP contribution in [0.5, 0.6) is 0 Å². The molecule has 3 rings (SSSR count). The Kier molecular flexibility index (Phi) is 9.59. The van der Waals surface area contributed by atoms with Gasteiger partial charge in [0.15, 0.2) is 0 Å². The summed E-state index contributed by atoms with van der Waals surface area (Å²) in [6.07, 6.45) is 4.20. The van der Waals surface area contributed by atoms with E-state index in [1.54, 1.807) is 12.1 Å². The van der Waals surface area contributed by atoms with Gasteiger partial charge in [-0.3, -0.25) is 4.79 Å². The molecule has 0 bridgehead atoms. The van der Waals surface area contributed by atoms with Gasteiger partial charge in [0.05, 0.1) is 0 Å². The number of ketones is 1. The summed E-state index contributed by atoms with van der Waals surface area (Å²) < 4.78 is 0. The quantitative estimate of drug-likeness (QED) is 0.450. The van der Waals surface area contributed by atoms with E-state index in [1.165, 1.54) is 5.56 Å². The molecule has 0 amide bonds. The van der Waals surface area contributed by atoms with Crippen LogP contribution in [-0.4, -0.2) is 30.3 Å². The third kappa shape index (κ3) is 6.93. The summed E-state index contributed by atoms with van der Waals surface area (Å²) in [6.45, 7) is 3.16. The van der Waals surface area contributed by atoms with Crippen molar-refractivity contribution >= 4 is 53.0 Å². The first-order valence-electron chi connectivity index (χ1n) is 9.44. The standard InChI is InChI=1S/C22H24Cl3NO.ClH/c23-19-6-3-16(4-7-19)17-9-12-26(13-10-17)11-1-2-21(27)14-18-5-8-20(24)15-22(18)25;/h3-8,15,17H,1-2,9-14H2;1H. The smallest absolute Gasteiger partial charge is 0.137 e. The highest BCUT2D eigenvalue weighted by atomic mass is 35.5. The van der Waals surface area contributed by atoms with Crippen LogP contribution in [0.2, 0.25) is 15.1 Å². The predicted octanol–water partition coefficient (Wildman–Crippen LogP) is 6.84. The number of likely N-dealkylation sites (tertiary alicyclic amines) is 1. The van der Waals surface area contributed by atoms with Crippen molar-refractivity contribution in [3.05, 3.63) is 68.7 Å². The van der Waals surface area contributed by atoms with Crippen molar-refractivity contribution in [1.82, 2.24) is 4.90 Å². The van der Waals surface area contributed by atoms with E-state index in [9.17, 15) is 4.79 Å². The van der Waals surface area contributed by atoms with Crippen molar-refractivity contribution < 1.29 is 4.79 Å². The molecule has 2 aromatic rings. The zero-order valence-corrected chi connectivity index (χ0v) is 18.8. The average molecular weight is 461 g/mol. The van der Waals surface area contributed by atoms with E-state index in [4.69, 9.17) is 34.8 Å². The van der Waals surface area contributed by atoms with E-state index in [0.717, 1.165) is 49.5 Å². The molecule has 152 valence electrons. The van der Waals surface area contributed by atoms with E-state index >= 15 is 0 Å². The van der Waals surface area contributed by atoms with Crippen LogP contribution in [0.15, 0.2) is 42.5 Å². The van der Waals surface area contributed by atoms with Crippen LogP contribution in [0.3, 0.4) is 0 Å². The zero-order valence-electron chi connectivity index (χ0n) is 15.7. The molecule has 1 fully saturated rings. The summed E-state index contributed by atoms with van der Waals surface area (Å²) in [5.74, 6) is 0.850. The number of carbonyl (C=O) groups is 1. The number of hydrogen-bond acceptors (Lipinski definition) is 2. The van der Waals surface area contributed by atoms with Gasteiger partial charge in [-0.25, -0.2) is 0 Å². The van der Waals surface area contributed by atoms with Crippen LogP contribution in [0, 0.1) is 0 Å². The Balaban J connectivity index is 0.00000280. The molecule has 0 atom stereocenters. The molecule has 1 aliphatic heterocycles. The zero-order chi connectivity index (χ0) is 19.2. The second kappa shape index (κ2) is 11.4. The minimum absolute atomic E-state index is 0. The number of rotatable bonds is 7. The molecule has 0 N–H and O–H groups in total. The van der Waals surface area contributed by atoms with Gasteiger partial charge in [-0.05, 0) is 80.2 Å². The number of hydrogen-bond donors (Lipinski definition) is 0. The Hall–Kier alpha value is -0.770. The normalized spacial score (nSPS) is 15.2. The lowest BCUT2D eigenvalue weighted by molar-refractivity contribution is -0.118. The maximum absolute atomic E-state index is 12.2. The van der Waals surface area contributed by atoms with Crippen LogP contribution in [-0.2, 0) is 11.2 Å². The Labute approximate surface area is 188 Å². The van der Waals surface area contributed by atoms with Gasteiger partial charge in [0.25, 0.3) is 0 Å². The number of carbonyl (C=O) groups excluding carboxylic acids is 1. The minimum atomic E-state index is 0. The maximum atomic E-state index is 12.2. The van der Waals surface area contributed by atoms with Crippen LogP contribution < -0.4 is 0 Å². The molecule has 0 spiro atoms. The monoisotopic (exact) mass is 459 g/mol. The van der Waals surface area contributed by atoms with Crippen LogP contribution in [0.1, 0.15) is 42.7 Å². The molecule has 0 unspecified atom stereocenters. The molecule has 2 aromatic carbocycles. The van der Waals surface area contributed by atoms with E-state index in [-0.39, 0.29) is 18.2 Å². The maximum Gasteiger partial charge on any atom is 0.137 e. The van der Waals surface area contributed by atoms with Crippen molar-refractivity contribution in [1.29, 1.82) is 0 Å². The molecule has 2 nitrogen and oxygen atoms in total. The summed E-state index contributed by atoms with van der Waals surface area (Å²) in [4.78, 5) is 14.7. The Bertz CT molecular complexity index is 771. The van der Waals surface area contributed by atoms with Gasteiger partial charge in [-0.15, -0.1) is 12.4 Å². The molecule has 0 saturated carbocycles. The van der Waals surface area contributed by atoms with Gasteiger partial charge >= 0.3 is 0 Å². The average Bonchev–Trinajstić information content (AvgIpc) is 2.65. The molecule has 1 saturated heterocycles. The van der Waals surface area contributed by atoms with E-state index < -0.39 is 0 Å². The topological polar surface area (TPSA) is 20.3 Å². The molecule has 0 aliphatic carbocycles. The van der Waals surface area contributed by atoms with Gasteiger partial charge in [-0.2, -0.15) is 0 Å². The van der Waals surface area contributed by atoms with Gasteiger partial charge in [-0.1, -0.05) is 53.0 Å². The summed E-state index contributed by atoms with van der Waals surface area (Å²) in [6, 6.07) is 13.5. The van der Waals surface area contributed by atoms with Gasteiger partial charge in [0.1, 0.15) is 5.78 Å². The van der Waals surface area contributed by atoms with Gasteiger partial charge < -0.3 is 4.90 Å². The number of Topliss-reactive ketones (excluding diaryl/α,β-unsaturated/α-hetero) is 1. The Morgan fingerprint density at radius 2 is 1.61 bits per heavy atom. The number of halogens is 4. The first-order chi connectivity index (χ1) is 13.0. The predicted molar refractivity (Wildman–Crippen MR) is 122 cm³/mol. The largest absolute Gasteiger partial charge is 0.303 e. The highest BCUT2D eigenvalue weighted by Crippen LogP contribution is 2.29. The van der Waals surface area contributed by atoms with Crippen LogP contribution >= 0.6 is 47.2 Å². The third-order valence-corrected chi connectivity index (χ3v) is 6.10. The fraction of sp³-hybridized carbons (Fsp3) is 0.409. The van der Waals surface area contributed by atoms with E-state index in [2.05, 4.69) is 17.0 Å². The van der Waals surface area contributed by atoms with Crippen molar-refractivity contribution in [3.63, 3.8) is 0 Å². The first kappa shape index (κ1) is 23.5. The number of piperidine rings is 1. The summed E-state index contributed by atoms with van der Waals surface area (Å²) in [5.41, 5.74) is 2.24. The summed E-state index contributed by atoms with van der Waals surface area (Å²) in [5, 5.41) is 1.96. The summed E-state index contributed by atoms with van der Waals surface area (Å²) >= 11 is 18.0. The van der Waals surface area contributed by atoms with Gasteiger partial charge in [0.2, 0.25) is 0 Å². The second-order valence-corrected chi connectivity index (χ2v) is 8.50. The lowest BCUT2D eigenvalue weighted by atomic mass is 9.89. The molecular weight excluding hydrogens is 436 g/mol. The van der Waals surface area contributed by atoms with Crippen molar-refractivity contribution in [2.24, 2.45) is 0 Å². The molecule has 1 aliphatic rings. The second-order valence-electron chi connectivity index (χ2n) is 7.22. The minimum Gasteiger partial charge on any atom is -0.303 e. The molecule has 28 heavy (non-hydrogen) atoms. The van der Waals surface area contributed by atoms with Gasteiger partial charge in [0, 0.05) is 27.9 Å². The molecule has 0 radical (unpaired) electrons. The van der Waals surface area contributed by atoms with Crippen LogP contribution in [0.25, 0.3) is 0 Å². The van der Waals surface area contributed by atoms with E-state index in [1.807, 2.05) is 18.2 Å². The lowest BCUT2D eigenvalue weighted by Crippen LogP contribution is -2.33. The fourth-order valence-electron chi connectivity index (χ4n) is 3.69. The number of nitrogens with zero attached hydrogens (tertiary/aromatic N) is 1.